The number of aryl methyl sites for hydroxylation is 1. The van der Waals surface area contributed by atoms with Crippen LogP contribution in [-0.2, 0) is 16.0 Å². The molecule has 0 spiro atoms. The van der Waals surface area contributed by atoms with Gasteiger partial charge in [-0.15, -0.1) is 0 Å². The van der Waals surface area contributed by atoms with Crippen molar-refractivity contribution in [1.82, 2.24) is 24.8 Å². The van der Waals surface area contributed by atoms with E-state index in [9.17, 15) is 18.0 Å². The molecule has 164 valence electrons. The van der Waals surface area contributed by atoms with Crippen molar-refractivity contribution >= 4 is 16.9 Å². The van der Waals surface area contributed by atoms with Gasteiger partial charge >= 0.3 is 0 Å². The molecule has 1 aliphatic rings. The summed E-state index contributed by atoms with van der Waals surface area (Å²) >= 11 is 0. The third-order valence-corrected chi connectivity index (χ3v) is 4.85. The fraction of sp³-hybridized carbons (Fsp3) is 0.400. The van der Waals surface area contributed by atoms with E-state index in [1.807, 2.05) is 0 Å². The van der Waals surface area contributed by atoms with Crippen LogP contribution in [0.4, 0.5) is 13.2 Å². The van der Waals surface area contributed by atoms with Gasteiger partial charge in [0.05, 0.1) is 49.3 Å². The van der Waals surface area contributed by atoms with Crippen molar-refractivity contribution in [2.24, 2.45) is 0 Å². The third-order valence-electron chi connectivity index (χ3n) is 4.85. The fourth-order valence-electron chi connectivity index (χ4n) is 3.44. The monoisotopic (exact) mass is 435 g/mol. The predicted octanol–water partition coefficient (Wildman–Crippen LogP) is 2.43. The number of rotatable bonds is 6. The zero-order valence-electron chi connectivity index (χ0n) is 16.6. The van der Waals surface area contributed by atoms with E-state index in [1.165, 1.54) is 29.1 Å². The Hall–Kier alpha value is -3.05. The summed E-state index contributed by atoms with van der Waals surface area (Å²) in [5.41, 5.74) is 1.21. The summed E-state index contributed by atoms with van der Waals surface area (Å²) in [5, 5.41) is 2.76. The van der Waals surface area contributed by atoms with Gasteiger partial charge in [0.1, 0.15) is 29.5 Å². The van der Waals surface area contributed by atoms with Crippen LogP contribution in [0.3, 0.4) is 0 Å². The first-order valence-corrected chi connectivity index (χ1v) is 9.65. The number of hydrogen-bond donors (Lipinski definition) is 1. The smallest absolute Gasteiger partial charge is 0.272 e. The number of nitrogens with one attached hydrogen (secondary N) is 1. The number of carbonyl (C=O) groups excluding carboxylic acids is 1. The molecule has 0 radical (unpaired) electrons. The Morgan fingerprint density at radius 1 is 1.29 bits per heavy atom. The van der Waals surface area contributed by atoms with E-state index in [-0.39, 0.29) is 30.2 Å². The average molecular weight is 435 g/mol. The molecule has 0 bridgehead atoms. The van der Waals surface area contributed by atoms with Crippen molar-refractivity contribution in [1.29, 1.82) is 0 Å². The average Bonchev–Trinajstić information content (AvgIpc) is 3.09. The topological polar surface area (TPSA) is 91.2 Å². The molecule has 3 heterocycles. The molecule has 0 saturated carbocycles. The Bertz CT molecular complexity index is 1070. The van der Waals surface area contributed by atoms with Gasteiger partial charge in [-0.3, -0.25) is 9.78 Å². The summed E-state index contributed by atoms with van der Waals surface area (Å²) in [4.78, 5) is 25.3. The maximum absolute atomic E-state index is 13.7. The molecule has 1 aromatic carbocycles. The first-order chi connectivity index (χ1) is 14.9. The molecule has 8 nitrogen and oxygen atoms in total. The number of carbonyl (C=O) groups is 1. The molecule has 3 aromatic rings. The summed E-state index contributed by atoms with van der Waals surface area (Å²) in [6, 6.07) is 2.77. The molecule has 11 heteroatoms. The second-order valence-corrected chi connectivity index (χ2v) is 7.08. The van der Waals surface area contributed by atoms with Crippen LogP contribution in [0.1, 0.15) is 28.0 Å². The Morgan fingerprint density at radius 3 is 2.81 bits per heavy atom. The summed E-state index contributed by atoms with van der Waals surface area (Å²) in [5.74, 6) is -1.01. The van der Waals surface area contributed by atoms with Gasteiger partial charge in [-0.25, -0.2) is 23.1 Å². The van der Waals surface area contributed by atoms with Gasteiger partial charge in [0.25, 0.3) is 12.3 Å². The SMILES string of the molecule is Cc1cnc(C(=O)N[C@H](c2nc3cc(F)ccc3n2CC(F)F)[C@H]2COCCO2)cn1. The number of halogens is 3. The minimum Gasteiger partial charge on any atom is -0.376 e. The maximum Gasteiger partial charge on any atom is 0.272 e. The molecule has 31 heavy (non-hydrogen) atoms. The van der Waals surface area contributed by atoms with Crippen molar-refractivity contribution in [2.75, 3.05) is 19.8 Å². The molecule has 1 fully saturated rings. The molecule has 0 aliphatic carbocycles. The van der Waals surface area contributed by atoms with Crippen LogP contribution in [0.2, 0.25) is 0 Å². The fourth-order valence-corrected chi connectivity index (χ4v) is 3.44. The third kappa shape index (κ3) is 4.67. The lowest BCUT2D eigenvalue weighted by Gasteiger charge is -2.31. The molecule has 2 aromatic heterocycles. The lowest BCUT2D eigenvalue weighted by molar-refractivity contribution is -0.102. The first-order valence-electron chi connectivity index (χ1n) is 9.65. The van der Waals surface area contributed by atoms with E-state index < -0.39 is 36.8 Å². The summed E-state index contributed by atoms with van der Waals surface area (Å²) in [6.45, 7) is 1.82. The van der Waals surface area contributed by atoms with Crippen LogP contribution in [0, 0.1) is 12.7 Å². The molecule has 1 N–H and O–H groups in total. The second-order valence-electron chi connectivity index (χ2n) is 7.08. The number of ether oxygens (including phenoxy) is 2. The lowest BCUT2D eigenvalue weighted by atomic mass is 10.1. The molecule has 4 rings (SSSR count). The van der Waals surface area contributed by atoms with Gasteiger partial charge in [-0.05, 0) is 19.1 Å². The van der Waals surface area contributed by atoms with E-state index >= 15 is 0 Å². The number of nitrogens with zero attached hydrogens (tertiary/aromatic N) is 4. The minimum absolute atomic E-state index is 0.0508. The zero-order valence-corrected chi connectivity index (χ0v) is 16.6. The number of benzene rings is 1. The number of alkyl halides is 2. The van der Waals surface area contributed by atoms with Gasteiger partial charge in [-0.1, -0.05) is 0 Å². The van der Waals surface area contributed by atoms with Crippen LogP contribution in [0.25, 0.3) is 11.0 Å². The van der Waals surface area contributed by atoms with E-state index in [1.54, 1.807) is 6.92 Å². The van der Waals surface area contributed by atoms with Gasteiger partial charge in [0.15, 0.2) is 0 Å². The summed E-state index contributed by atoms with van der Waals surface area (Å²) < 4.78 is 52.9. The molecule has 2 atom stereocenters. The van der Waals surface area contributed by atoms with Crippen LogP contribution >= 0.6 is 0 Å². The normalized spacial score (nSPS) is 17.8. The van der Waals surface area contributed by atoms with Gasteiger partial charge in [0.2, 0.25) is 0 Å². The van der Waals surface area contributed by atoms with Crippen LogP contribution in [0.15, 0.2) is 30.6 Å². The van der Waals surface area contributed by atoms with Gasteiger partial charge in [-0.2, -0.15) is 0 Å². The number of amides is 1. The molecule has 1 amide bonds. The molecule has 1 aliphatic heterocycles. The van der Waals surface area contributed by atoms with E-state index in [4.69, 9.17) is 9.47 Å². The van der Waals surface area contributed by atoms with E-state index in [0.717, 1.165) is 6.07 Å². The summed E-state index contributed by atoms with van der Waals surface area (Å²) in [7, 11) is 0. The molecular weight excluding hydrogens is 415 g/mol. The van der Waals surface area contributed by atoms with Crippen molar-refractivity contribution in [3.05, 3.63) is 53.6 Å². The van der Waals surface area contributed by atoms with Crippen molar-refractivity contribution in [2.45, 2.75) is 32.0 Å². The van der Waals surface area contributed by atoms with Gasteiger partial charge < -0.3 is 19.4 Å². The molecule has 1 saturated heterocycles. The Balaban J connectivity index is 1.76. The minimum atomic E-state index is -2.69. The zero-order chi connectivity index (χ0) is 22.0. The van der Waals surface area contributed by atoms with Crippen LogP contribution in [0.5, 0.6) is 0 Å². The van der Waals surface area contributed by atoms with Crippen molar-refractivity contribution in [3.63, 3.8) is 0 Å². The lowest BCUT2D eigenvalue weighted by Crippen LogP contribution is -2.44. The summed E-state index contributed by atoms with van der Waals surface area (Å²) in [6.07, 6.45) is -0.616. The Kier molecular flexibility index (Phi) is 6.14. The van der Waals surface area contributed by atoms with Gasteiger partial charge in [0, 0.05) is 12.3 Å². The Morgan fingerprint density at radius 2 is 2.13 bits per heavy atom. The highest BCUT2D eigenvalue weighted by Gasteiger charge is 2.33. The maximum atomic E-state index is 13.7. The largest absolute Gasteiger partial charge is 0.376 e. The predicted molar refractivity (Wildman–Crippen MR) is 103 cm³/mol. The highest BCUT2D eigenvalue weighted by Crippen LogP contribution is 2.27. The van der Waals surface area contributed by atoms with Crippen LogP contribution < -0.4 is 5.32 Å². The van der Waals surface area contributed by atoms with E-state index in [0.29, 0.717) is 17.8 Å². The number of hydrogen-bond acceptors (Lipinski definition) is 6. The van der Waals surface area contributed by atoms with Crippen molar-refractivity contribution in [3.8, 4) is 0 Å². The Labute approximate surface area is 175 Å². The molecule has 0 unspecified atom stereocenters. The first kappa shape index (κ1) is 21.2. The quantitative estimate of drug-likeness (QED) is 0.640. The molecular formula is C20H20F3N5O3. The number of imidazole rings is 1. The second kappa shape index (κ2) is 8.98. The highest BCUT2D eigenvalue weighted by molar-refractivity contribution is 5.92. The number of fused-ring (bicyclic) bond motifs is 1. The van der Waals surface area contributed by atoms with E-state index in [2.05, 4.69) is 20.3 Å². The number of aromatic nitrogens is 4. The van der Waals surface area contributed by atoms with Crippen molar-refractivity contribution < 1.29 is 27.4 Å². The highest BCUT2D eigenvalue weighted by atomic mass is 19.3. The van der Waals surface area contributed by atoms with Crippen LogP contribution in [-0.4, -0.2) is 57.8 Å². The standard InChI is InChI=1S/C20H20F3N5O3/c1-11-7-25-14(8-24-11)20(29)27-18(16-10-30-4-5-31-16)19-26-13-6-12(21)2-3-15(13)28(19)9-17(22)23/h2-3,6-8,16-18H,4-5,9-10H2,1H3,(H,27,29)/t16-,18+/m1/s1.